The fraction of sp³-hybridized carbons (Fsp3) is 0.259. The number of hydrogen-bond acceptors (Lipinski definition) is 9. The van der Waals surface area contributed by atoms with Gasteiger partial charge in [0.1, 0.15) is 28.4 Å². The summed E-state index contributed by atoms with van der Waals surface area (Å²) in [5, 5.41) is 3.22. The molecule has 1 amide bonds. The summed E-state index contributed by atoms with van der Waals surface area (Å²) in [6.07, 6.45) is 4.04. The minimum Gasteiger partial charge on any atom is -0.495 e. The molecule has 0 radical (unpaired) electrons. The maximum absolute atomic E-state index is 12.7. The molecule has 202 valence electrons. The van der Waals surface area contributed by atoms with Crippen LogP contribution in [0.15, 0.2) is 48.9 Å². The molecule has 1 aliphatic rings. The predicted molar refractivity (Wildman–Crippen MR) is 148 cm³/mol. The third-order valence-electron chi connectivity index (χ3n) is 6.20. The van der Waals surface area contributed by atoms with Crippen molar-refractivity contribution in [1.29, 1.82) is 0 Å². The fourth-order valence-electron chi connectivity index (χ4n) is 4.28. The van der Waals surface area contributed by atoms with E-state index in [2.05, 4.69) is 25.2 Å². The maximum Gasteiger partial charge on any atom is 0.418 e. The Morgan fingerprint density at radius 3 is 2.28 bits per heavy atom. The van der Waals surface area contributed by atoms with Gasteiger partial charge in [0, 0.05) is 55.4 Å². The lowest BCUT2D eigenvalue weighted by atomic mass is 10.0. The second-order valence-electron chi connectivity index (χ2n) is 8.60. The fourth-order valence-corrected chi connectivity index (χ4v) is 4.98. The van der Waals surface area contributed by atoms with E-state index in [0.29, 0.717) is 39.5 Å². The average Bonchev–Trinajstić information content (AvgIpc) is 2.96. The smallest absolute Gasteiger partial charge is 0.418 e. The zero-order chi connectivity index (χ0) is 27.4. The molecule has 1 saturated heterocycles. The molecule has 0 aliphatic carbocycles. The molecule has 0 spiro atoms. The number of halogens is 2. The summed E-state index contributed by atoms with van der Waals surface area (Å²) in [5.41, 5.74) is 2.83. The van der Waals surface area contributed by atoms with Crippen LogP contribution < -0.4 is 19.5 Å². The summed E-state index contributed by atoms with van der Waals surface area (Å²) in [5.74, 6) is 1.33. The number of benzene rings is 2. The maximum atomic E-state index is 12.7. The van der Waals surface area contributed by atoms with E-state index in [4.69, 9.17) is 42.1 Å². The van der Waals surface area contributed by atoms with Crippen molar-refractivity contribution in [1.82, 2.24) is 19.9 Å². The van der Waals surface area contributed by atoms with Gasteiger partial charge in [-0.3, -0.25) is 15.2 Å². The molecule has 5 rings (SSSR count). The van der Waals surface area contributed by atoms with E-state index in [1.165, 1.54) is 26.6 Å². The van der Waals surface area contributed by atoms with Gasteiger partial charge < -0.3 is 18.9 Å². The Morgan fingerprint density at radius 1 is 0.949 bits per heavy atom. The first kappa shape index (κ1) is 26.9. The molecule has 0 unspecified atom stereocenters. The molecule has 3 heterocycles. The summed E-state index contributed by atoms with van der Waals surface area (Å²) in [6, 6.07) is 8.56. The standard InChI is InChI=1S/C27H25Cl2N5O5/c1-36-19-13-20(37-2)24(29)22(23(19)28)17-4-5-18(26-25(17)30-7-8-31-26)39-27(35)33-21-6-3-16(14-32-21)15-34-9-11-38-12-10-34/h3-8,13-14H,9-12,15H2,1-2H3,(H,32,33,35). The number of methoxy groups -OCH3 is 2. The number of nitrogens with zero attached hydrogens (tertiary/aromatic N) is 4. The molecular weight excluding hydrogens is 545 g/mol. The Labute approximate surface area is 234 Å². The van der Waals surface area contributed by atoms with Gasteiger partial charge in [-0.2, -0.15) is 0 Å². The van der Waals surface area contributed by atoms with Gasteiger partial charge in [-0.25, -0.2) is 14.8 Å². The third-order valence-corrected chi connectivity index (χ3v) is 6.95. The highest BCUT2D eigenvalue weighted by atomic mass is 35.5. The van der Waals surface area contributed by atoms with Crippen LogP contribution in [0.2, 0.25) is 10.0 Å². The number of morpholine rings is 1. The lowest BCUT2D eigenvalue weighted by Crippen LogP contribution is -2.35. The van der Waals surface area contributed by atoms with Gasteiger partial charge in [0.2, 0.25) is 0 Å². The van der Waals surface area contributed by atoms with Crippen molar-refractivity contribution in [3.63, 3.8) is 0 Å². The van der Waals surface area contributed by atoms with Crippen molar-refractivity contribution in [3.8, 4) is 28.4 Å². The number of pyridine rings is 1. The van der Waals surface area contributed by atoms with Crippen LogP contribution in [0.5, 0.6) is 17.2 Å². The van der Waals surface area contributed by atoms with Crippen LogP contribution in [0.1, 0.15) is 5.56 Å². The SMILES string of the molecule is COc1cc(OC)c(Cl)c(-c2ccc(OC(=O)Nc3ccc(CN4CCOCC4)cn3)c3nccnc23)c1Cl. The molecule has 2 aromatic carbocycles. The number of carbonyl (C=O) groups is 1. The zero-order valence-electron chi connectivity index (χ0n) is 21.2. The van der Waals surface area contributed by atoms with E-state index in [-0.39, 0.29) is 15.8 Å². The second kappa shape index (κ2) is 12.0. The Kier molecular flexibility index (Phi) is 8.27. The van der Waals surface area contributed by atoms with Crippen LogP contribution in [0.4, 0.5) is 10.6 Å². The van der Waals surface area contributed by atoms with Crippen LogP contribution in [0, 0.1) is 0 Å². The molecule has 10 nitrogen and oxygen atoms in total. The first-order valence-electron chi connectivity index (χ1n) is 12.1. The second-order valence-corrected chi connectivity index (χ2v) is 9.36. The van der Waals surface area contributed by atoms with Crippen molar-refractivity contribution in [2.75, 3.05) is 45.8 Å². The number of ether oxygens (including phenoxy) is 4. The highest BCUT2D eigenvalue weighted by Gasteiger charge is 2.23. The number of carbonyl (C=O) groups excluding carboxylic acids is 1. The lowest BCUT2D eigenvalue weighted by Gasteiger charge is -2.26. The van der Waals surface area contributed by atoms with E-state index in [1.54, 1.807) is 30.5 Å². The van der Waals surface area contributed by atoms with Gasteiger partial charge in [0.15, 0.2) is 5.75 Å². The minimum absolute atomic E-state index is 0.199. The first-order chi connectivity index (χ1) is 19.0. The number of aromatic nitrogens is 3. The topological polar surface area (TPSA) is 108 Å². The van der Waals surface area contributed by atoms with Crippen LogP contribution in [0.3, 0.4) is 0 Å². The number of nitrogens with one attached hydrogen (secondary N) is 1. The highest BCUT2D eigenvalue weighted by Crippen LogP contribution is 2.47. The van der Waals surface area contributed by atoms with Gasteiger partial charge in [-0.05, 0) is 23.8 Å². The quantitative estimate of drug-likeness (QED) is 0.310. The molecule has 0 bridgehead atoms. The summed E-state index contributed by atoms with van der Waals surface area (Å²) in [7, 11) is 3.00. The van der Waals surface area contributed by atoms with Gasteiger partial charge in [0.05, 0.1) is 37.5 Å². The number of fused-ring (bicyclic) bond motifs is 1. The molecule has 1 N–H and O–H groups in total. The first-order valence-corrected chi connectivity index (χ1v) is 12.8. The summed E-state index contributed by atoms with van der Waals surface area (Å²) < 4.78 is 21.8. The normalized spacial score (nSPS) is 13.7. The van der Waals surface area contributed by atoms with E-state index < -0.39 is 6.09 Å². The third kappa shape index (κ3) is 5.84. The van der Waals surface area contributed by atoms with Crippen molar-refractivity contribution in [2.24, 2.45) is 0 Å². The van der Waals surface area contributed by atoms with Crippen LogP contribution in [-0.4, -0.2) is 66.5 Å². The Morgan fingerprint density at radius 2 is 1.64 bits per heavy atom. The largest absolute Gasteiger partial charge is 0.495 e. The van der Waals surface area contributed by atoms with E-state index in [9.17, 15) is 4.79 Å². The van der Waals surface area contributed by atoms with Gasteiger partial charge >= 0.3 is 6.09 Å². The summed E-state index contributed by atoms with van der Waals surface area (Å²) in [4.78, 5) is 28.2. The average molecular weight is 570 g/mol. The molecular formula is C27H25Cl2N5O5. The summed E-state index contributed by atoms with van der Waals surface area (Å²) >= 11 is 13.3. The van der Waals surface area contributed by atoms with Gasteiger partial charge in [-0.1, -0.05) is 29.3 Å². The van der Waals surface area contributed by atoms with Gasteiger partial charge in [-0.15, -0.1) is 0 Å². The van der Waals surface area contributed by atoms with Crippen molar-refractivity contribution >= 4 is 46.1 Å². The Hall–Kier alpha value is -3.70. The van der Waals surface area contributed by atoms with Crippen molar-refractivity contribution in [3.05, 3.63) is 64.5 Å². The van der Waals surface area contributed by atoms with E-state index in [1.807, 2.05) is 6.07 Å². The van der Waals surface area contributed by atoms with Crippen LogP contribution in [0.25, 0.3) is 22.2 Å². The highest BCUT2D eigenvalue weighted by molar-refractivity contribution is 6.41. The van der Waals surface area contributed by atoms with Crippen molar-refractivity contribution in [2.45, 2.75) is 6.54 Å². The molecule has 1 fully saturated rings. The monoisotopic (exact) mass is 569 g/mol. The molecule has 39 heavy (non-hydrogen) atoms. The zero-order valence-corrected chi connectivity index (χ0v) is 22.8. The van der Waals surface area contributed by atoms with Crippen LogP contribution >= 0.6 is 23.2 Å². The van der Waals surface area contributed by atoms with Crippen molar-refractivity contribution < 1.29 is 23.7 Å². The number of rotatable bonds is 7. The number of anilines is 1. The molecule has 1 aliphatic heterocycles. The van der Waals surface area contributed by atoms with E-state index in [0.717, 1.165) is 38.4 Å². The molecule has 12 heteroatoms. The Balaban J connectivity index is 1.37. The van der Waals surface area contributed by atoms with E-state index >= 15 is 0 Å². The number of hydrogen-bond donors (Lipinski definition) is 1. The molecule has 0 atom stereocenters. The van der Waals surface area contributed by atoms with Gasteiger partial charge in [0.25, 0.3) is 0 Å². The molecule has 0 saturated carbocycles. The Bertz CT molecular complexity index is 1470. The summed E-state index contributed by atoms with van der Waals surface area (Å²) in [6.45, 7) is 3.99. The predicted octanol–water partition coefficient (Wildman–Crippen LogP) is 5.46. The molecule has 2 aromatic heterocycles. The molecule has 4 aromatic rings. The van der Waals surface area contributed by atoms with Crippen LogP contribution in [-0.2, 0) is 11.3 Å². The minimum atomic E-state index is -0.720. The number of amides is 1. The lowest BCUT2D eigenvalue weighted by molar-refractivity contribution is 0.0341.